The van der Waals surface area contributed by atoms with Crippen molar-refractivity contribution in [2.75, 3.05) is 18.6 Å². The summed E-state index contributed by atoms with van der Waals surface area (Å²) in [5.74, 6) is 1.96. The van der Waals surface area contributed by atoms with Gasteiger partial charge in [0, 0.05) is 29.9 Å². The van der Waals surface area contributed by atoms with Crippen molar-refractivity contribution in [2.24, 2.45) is 17.8 Å². The van der Waals surface area contributed by atoms with E-state index in [2.05, 4.69) is 73.9 Å². The highest BCUT2D eigenvalue weighted by Gasteiger charge is 2.32. The Morgan fingerprint density at radius 1 is 1.05 bits per heavy atom. The number of hydrogen-bond donors (Lipinski definition) is 1. The van der Waals surface area contributed by atoms with Crippen LogP contribution in [0.2, 0.25) is 0 Å². The van der Waals surface area contributed by atoms with Crippen LogP contribution < -0.4 is 4.90 Å². The molecule has 0 radical (unpaired) electrons. The van der Waals surface area contributed by atoms with Gasteiger partial charge in [0.25, 0.3) is 0 Å². The summed E-state index contributed by atoms with van der Waals surface area (Å²) in [4.78, 5) is 16.1. The van der Waals surface area contributed by atoms with Crippen LogP contribution in [-0.4, -0.2) is 40.6 Å². The normalized spacial score (nSPS) is 23.0. The molecule has 6 nitrogen and oxygen atoms in total. The molecule has 42 heavy (non-hydrogen) atoms. The topological polar surface area (TPSA) is 67.6 Å². The van der Waals surface area contributed by atoms with Gasteiger partial charge < -0.3 is 14.7 Å². The summed E-state index contributed by atoms with van der Waals surface area (Å²) < 4.78 is 7.47. The van der Waals surface area contributed by atoms with E-state index in [0.717, 1.165) is 78.8 Å². The first-order valence-corrected chi connectivity index (χ1v) is 15.7. The van der Waals surface area contributed by atoms with Gasteiger partial charge in [0.2, 0.25) is 5.91 Å². The van der Waals surface area contributed by atoms with Crippen LogP contribution in [0.4, 0.5) is 5.69 Å². The fourth-order valence-electron chi connectivity index (χ4n) is 6.29. The number of aliphatic hydroxyl groups is 1. The smallest absolute Gasteiger partial charge is 0.230 e. The molecule has 0 bridgehead atoms. The molecule has 1 amide bonds. The summed E-state index contributed by atoms with van der Waals surface area (Å²) >= 11 is 0. The third kappa shape index (κ3) is 8.03. The summed E-state index contributed by atoms with van der Waals surface area (Å²) in [5.41, 5.74) is 5.28. The maximum atomic E-state index is 14.1. The van der Waals surface area contributed by atoms with Crippen LogP contribution in [0.25, 0.3) is 11.1 Å². The number of carbonyl (C=O) groups excluding carboxylic acids is 1. The molecule has 228 valence electrons. The monoisotopic (exact) mass is 573 g/mol. The predicted octanol–water partition coefficient (Wildman–Crippen LogP) is 8.05. The number of benzene rings is 1. The molecule has 0 spiro atoms. The van der Waals surface area contributed by atoms with Gasteiger partial charge in [0.05, 0.1) is 24.9 Å². The zero-order valence-corrected chi connectivity index (χ0v) is 26.6. The number of amides is 1. The lowest BCUT2D eigenvalue weighted by Crippen LogP contribution is -2.42. The van der Waals surface area contributed by atoms with E-state index in [0.29, 0.717) is 24.7 Å². The van der Waals surface area contributed by atoms with Crippen molar-refractivity contribution in [3.63, 3.8) is 0 Å². The fraction of sp³-hybridized carbons (Fsp3) is 0.556. The second kappa shape index (κ2) is 13.9. The van der Waals surface area contributed by atoms with E-state index >= 15 is 0 Å². The molecular weight excluding hydrogens is 522 g/mol. The van der Waals surface area contributed by atoms with Crippen LogP contribution >= 0.6 is 0 Å². The van der Waals surface area contributed by atoms with Crippen LogP contribution in [0.5, 0.6) is 0 Å². The molecule has 2 aliphatic carbocycles. The highest BCUT2D eigenvalue weighted by molar-refractivity contribution is 5.95. The molecule has 1 aromatic carbocycles. The van der Waals surface area contributed by atoms with Crippen LogP contribution in [0.1, 0.15) is 86.0 Å². The van der Waals surface area contributed by atoms with Gasteiger partial charge in [0.15, 0.2) is 0 Å². The third-order valence-corrected chi connectivity index (χ3v) is 9.05. The van der Waals surface area contributed by atoms with Crippen LogP contribution in [0.15, 0.2) is 72.3 Å². The van der Waals surface area contributed by atoms with Gasteiger partial charge in [-0.05, 0) is 127 Å². The van der Waals surface area contributed by atoms with Gasteiger partial charge in [0.1, 0.15) is 5.76 Å². The Labute approximate surface area is 253 Å². The van der Waals surface area contributed by atoms with E-state index in [1.807, 2.05) is 30.8 Å². The molecule has 0 saturated heterocycles. The standard InChI is InChI=1S/C36H51N3O3/c1-25(2)34(42-7)20-11-26(3)28-14-12-27(13-15-28)23-38(35(41)29-16-18-33(40)19-17-29)32-10-8-9-30(21-32)31-22-37-39(24-31)36(4,5)6/h8-11,20-22,24,27-29,33,40H,3,12-19,23H2,1-2,4-7H3/b20-11-/t27-,28-,29-,33-. The van der Waals surface area contributed by atoms with Crippen molar-refractivity contribution in [3.8, 4) is 11.1 Å². The predicted molar refractivity (Wildman–Crippen MR) is 172 cm³/mol. The molecule has 2 fully saturated rings. The first-order chi connectivity index (χ1) is 20.0. The summed E-state index contributed by atoms with van der Waals surface area (Å²) in [6.45, 7) is 15.6. The first-order valence-electron chi connectivity index (χ1n) is 15.7. The van der Waals surface area contributed by atoms with Gasteiger partial charge in [-0.25, -0.2) is 0 Å². The van der Waals surface area contributed by atoms with E-state index in [9.17, 15) is 9.90 Å². The van der Waals surface area contributed by atoms with Gasteiger partial charge >= 0.3 is 0 Å². The number of methoxy groups -OCH3 is 1. The van der Waals surface area contributed by atoms with Crippen molar-refractivity contribution in [1.29, 1.82) is 0 Å². The summed E-state index contributed by atoms with van der Waals surface area (Å²) in [6.07, 6.45) is 15.1. The van der Waals surface area contributed by atoms with Crippen molar-refractivity contribution in [1.82, 2.24) is 9.78 Å². The van der Waals surface area contributed by atoms with Crippen molar-refractivity contribution < 1.29 is 14.6 Å². The van der Waals surface area contributed by atoms with E-state index in [1.165, 1.54) is 0 Å². The summed E-state index contributed by atoms with van der Waals surface area (Å²) in [5, 5.41) is 14.7. The lowest BCUT2D eigenvalue weighted by Gasteiger charge is -2.36. The Hall–Kier alpha value is -3.12. The molecule has 6 heteroatoms. The molecule has 2 aromatic rings. The SMILES string of the molecule is C=C(/C=C\C(OC)=C(C)C)[C@H]1CC[C@H](CN(c2cccc(-c3cnn(C(C)(C)C)c3)c2)C(=O)[C@H]2CC[C@H](O)CC2)CC1. The highest BCUT2D eigenvalue weighted by Crippen LogP contribution is 2.36. The van der Waals surface area contributed by atoms with E-state index in [-0.39, 0.29) is 23.5 Å². The number of ether oxygens (including phenoxy) is 1. The second-order valence-corrected chi connectivity index (χ2v) is 13.5. The molecule has 1 N–H and O–H groups in total. The van der Waals surface area contributed by atoms with Gasteiger partial charge in [-0.15, -0.1) is 0 Å². The summed E-state index contributed by atoms with van der Waals surface area (Å²) in [6, 6.07) is 8.37. The Bertz CT molecular complexity index is 1280. The molecule has 4 rings (SSSR count). The van der Waals surface area contributed by atoms with Gasteiger partial charge in [-0.1, -0.05) is 30.4 Å². The summed E-state index contributed by atoms with van der Waals surface area (Å²) in [7, 11) is 1.71. The molecule has 0 aliphatic heterocycles. The van der Waals surface area contributed by atoms with Gasteiger partial charge in [-0.2, -0.15) is 5.10 Å². The average Bonchev–Trinajstić information content (AvgIpc) is 3.48. The number of aliphatic hydroxyl groups excluding tert-OH is 1. The number of carbonyl (C=O) groups is 1. The van der Waals surface area contributed by atoms with Crippen molar-refractivity contribution in [3.05, 3.63) is 72.3 Å². The number of aromatic nitrogens is 2. The van der Waals surface area contributed by atoms with E-state index < -0.39 is 0 Å². The number of allylic oxidation sites excluding steroid dienone is 4. The fourth-order valence-corrected chi connectivity index (χ4v) is 6.29. The Morgan fingerprint density at radius 3 is 2.31 bits per heavy atom. The minimum absolute atomic E-state index is 0.0352. The number of anilines is 1. The van der Waals surface area contributed by atoms with Crippen LogP contribution in [0, 0.1) is 17.8 Å². The minimum Gasteiger partial charge on any atom is -0.497 e. The molecular formula is C36H51N3O3. The van der Waals surface area contributed by atoms with Crippen molar-refractivity contribution in [2.45, 2.75) is 97.6 Å². The zero-order valence-electron chi connectivity index (χ0n) is 26.6. The van der Waals surface area contributed by atoms with Crippen LogP contribution in [-0.2, 0) is 15.1 Å². The third-order valence-electron chi connectivity index (χ3n) is 9.05. The Morgan fingerprint density at radius 2 is 1.71 bits per heavy atom. The quantitative estimate of drug-likeness (QED) is 0.243. The van der Waals surface area contributed by atoms with Gasteiger partial charge in [-0.3, -0.25) is 9.48 Å². The molecule has 2 saturated carbocycles. The number of nitrogens with zero attached hydrogens (tertiary/aromatic N) is 3. The largest absolute Gasteiger partial charge is 0.497 e. The lowest BCUT2D eigenvalue weighted by atomic mass is 9.78. The Balaban J connectivity index is 1.50. The Kier molecular flexibility index (Phi) is 10.5. The van der Waals surface area contributed by atoms with E-state index in [1.54, 1.807) is 7.11 Å². The van der Waals surface area contributed by atoms with Crippen LogP contribution in [0.3, 0.4) is 0 Å². The molecule has 0 atom stereocenters. The highest BCUT2D eigenvalue weighted by atomic mass is 16.5. The second-order valence-electron chi connectivity index (χ2n) is 13.5. The first kappa shape index (κ1) is 31.8. The van der Waals surface area contributed by atoms with E-state index in [4.69, 9.17) is 4.74 Å². The molecule has 0 unspecified atom stereocenters. The van der Waals surface area contributed by atoms with Crippen molar-refractivity contribution >= 4 is 11.6 Å². The average molecular weight is 574 g/mol. The number of hydrogen-bond acceptors (Lipinski definition) is 4. The lowest BCUT2D eigenvalue weighted by molar-refractivity contribution is -0.124. The molecule has 1 aromatic heterocycles. The maximum Gasteiger partial charge on any atom is 0.230 e. The zero-order chi connectivity index (χ0) is 30.4. The minimum atomic E-state index is -0.278. The number of rotatable bonds is 9. The molecule has 1 heterocycles. The molecule has 2 aliphatic rings. The maximum absolute atomic E-state index is 14.1.